The Bertz CT molecular complexity index is 1010. The number of ether oxygens (including phenoxy) is 2. The molecule has 0 radical (unpaired) electrons. The fourth-order valence-electron chi connectivity index (χ4n) is 2.93. The Kier molecular flexibility index (Phi) is 8.20. The lowest BCUT2D eigenvalue weighted by Gasteiger charge is -2.15. The fourth-order valence-corrected chi connectivity index (χ4v) is 3.92. The first-order valence-corrected chi connectivity index (χ1v) is 11.4. The Morgan fingerprint density at radius 2 is 1.94 bits per heavy atom. The zero-order valence-corrected chi connectivity index (χ0v) is 19.2. The number of rotatable bonds is 10. The second-order valence-corrected chi connectivity index (χ2v) is 7.98. The lowest BCUT2D eigenvalue weighted by Crippen LogP contribution is -2.15. The number of carbonyl (C=O) groups excluding carboxylic acids is 1. The molecule has 0 aliphatic carbocycles. The number of anilines is 1. The topological polar surface area (TPSA) is 78.3 Å². The number of nitrogens with zero attached hydrogens (tertiary/aromatic N) is 3. The van der Waals surface area contributed by atoms with Gasteiger partial charge in [-0.15, -0.1) is 10.2 Å². The van der Waals surface area contributed by atoms with E-state index in [9.17, 15) is 4.79 Å². The Morgan fingerprint density at radius 1 is 1.16 bits per heavy atom. The smallest absolute Gasteiger partial charge is 0.234 e. The van der Waals surface area contributed by atoms with E-state index in [1.807, 2.05) is 61.7 Å². The fraction of sp³-hybridized carbons (Fsp3) is 0.318. The molecule has 0 bridgehead atoms. The van der Waals surface area contributed by atoms with Gasteiger partial charge in [0, 0.05) is 17.3 Å². The van der Waals surface area contributed by atoms with E-state index >= 15 is 0 Å². The molecular formula is C22H25ClN4O3S. The third kappa shape index (κ3) is 6.38. The predicted molar refractivity (Wildman–Crippen MR) is 123 cm³/mol. The molecule has 0 fully saturated rings. The van der Waals surface area contributed by atoms with Crippen molar-refractivity contribution in [1.82, 2.24) is 14.8 Å². The van der Waals surface area contributed by atoms with Gasteiger partial charge in [0.05, 0.1) is 12.4 Å². The SMILES string of the molecule is CCOc1ccc(NC(=O)CSc2nnc(C(C)Oc3cccc(Cl)c3)n2CC)cc1. The van der Waals surface area contributed by atoms with Gasteiger partial charge in [-0.05, 0) is 63.2 Å². The van der Waals surface area contributed by atoms with Gasteiger partial charge in [-0.25, -0.2) is 0 Å². The maximum Gasteiger partial charge on any atom is 0.234 e. The van der Waals surface area contributed by atoms with Gasteiger partial charge in [-0.3, -0.25) is 4.79 Å². The number of carbonyl (C=O) groups is 1. The van der Waals surface area contributed by atoms with E-state index in [2.05, 4.69) is 15.5 Å². The van der Waals surface area contributed by atoms with E-state index in [4.69, 9.17) is 21.1 Å². The minimum absolute atomic E-state index is 0.121. The van der Waals surface area contributed by atoms with Crippen LogP contribution in [0.3, 0.4) is 0 Å². The van der Waals surface area contributed by atoms with Crippen LogP contribution in [0.2, 0.25) is 5.02 Å². The van der Waals surface area contributed by atoms with Crippen molar-refractivity contribution in [3.63, 3.8) is 0 Å². The predicted octanol–water partition coefficient (Wildman–Crippen LogP) is 5.22. The Hall–Kier alpha value is -2.71. The normalized spacial score (nSPS) is 11.7. The summed E-state index contributed by atoms with van der Waals surface area (Å²) >= 11 is 7.36. The molecule has 1 aromatic heterocycles. The van der Waals surface area contributed by atoms with Crippen LogP contribution < -0.4 is 14.8 Å². The highest BCUT2D eigenvalue weighted by atomic mass is 35.5. The molecular weight excluding hydrogens is 436 g/mol. The Labute approximate surface area is 191 Å². The summed E-state index contributed by atoms with van der Waals surface area (Å²) < 4.78 is 13.3. The quantitative estimate of drug-likeness (QED) is 0.418. The van der Waals surface area contributed by atoms with Crippen molar-refractivity contribution in [3.8, 4) is 11.5 Å². The molecule has 2 aromatic carbocycles. The van der Waals surface area contributed by atoms with Crippen molar-refractivity contribution >= 4 is 35.0 Å². The van der Waals surface area contributed by atoms with E-state index in [0.29, 0.717) is 34.9 Å². The standard InChI is InChI=1S/C22H25ClN4O3S/c1-4-27-21(15(3)30-19-8-6-7-16(23)13-19)25-26-22(27)31-14-20(28)24-17-9-11-18(12-10-17)29-5-2/h6-13,15H,4-5,14H2,1-3H3,(H,24,28). The van der Waals surface area contributed by atoms with Crippen molar-refractivity contribution in [2.75, 3.05) is 17.7 Å². The summed E-state index contributed by atoms with van der Waals surface area (Å²) in [5, 5.41) is 12.7. The Balaban J connectivity index is 1.59. The lowest BCUT2D eigenvalue weighted by molar-refractivity contribution is -0.113. The van der Waals surface area contributed by atoms with Crippen LogP contribution in [0.15, 0.2) is 53.7 Å². The Morgan fingerprint density at radius 3 is 2.61 bits per heavy atom. The third-order valence-corrected chi connectivity index (χ3v) is 5.52. The van der Waals surface area contributed by atoms with E-state index in [1.54, 1.807) is 12.1 Å². The van der Waals surface area contributed by atoms with Crippen LogP contribution in [0.25, 0.3) is 0 Å². The number of thioether (sulfide) groups is 1. The molecule has 0 spiro atoms. The molecule has 164 valence electrons. The minimum Gasteiger partial charge on any atom is -0.494 e. The summed E-state index contributed by atoms with van der Waals surface area (Å²) in [5.74, 6) is 2.22. The molecule has 3 aromatic rings. The molecule has 1 amide bonds. The average molecular weight is 461 g/mol. The molecule has 9 heteroatoms. The van der Waals surface area contributed by atoms with Crippen molar-refractivity contribution in [2.45, 2.75) is 38.6 Å². The number of hydrogen-bond donors (Lipinski definition) is 1. The highest BCUT2D eigenvalue weighted by Crippen LogP contribution is 2.26. The van der Waals surface area contributed by atoms with E-state index in [0.717, 1.165) is 11.4 Å². The largest absolute Gasteiger partial charge is 0.494 e. The van der Waals surface area contributed by atoms with Crippen LogP contribution in [0.5, 0.6) is 11.5 Å². The summed E-state index contributed by atoms with van der Waals surface area (Å²) in [4.78, 5) is 12.4. The second kappa shape index (κ2) is 11.1. The number of nitrogens with one attached hydrogen (secondary N) is 1. The zero-order valence-electron chi connectivity index (χ0n) is 17.7. The molecule has 7 nitrogen and oxygen atoms in total. The van der Waals surface area contributed by atoms with Gasteiger partial charge >= 0.3 is 0 Å². The van der Waals surface area contributed by atoms with Crippen molar-refractivity contribution in [1.29, 1.82) is 0 Å². The molecule has 1 atom stereocenters. The van der Waals surface area contributed by atoms with Gasteiger partial charge in [-0.1, -0.05) is 29.4 Å². The number of halogens is 1. The molecule has 1 unspecified atom stereocenters. The lowest BCUT2D eigenvalue weighted by atomic mass is 10.3. The van der Waals surface area contributed by atoms with E-state index in [1.165, 1.54) is 11.8 Å². The summed E-state index contributed by atoms with van der Waals surface area (Å²) in [5.41, 5.74) is 0.718. The van der Waals surface area contributed by atoms with Gasteiger partial charge in [0.25, 0.3) is 0 Å². The first-order valence-electron chi connectivity index (χ1n) is 10.0. The molecule has 3 rings (SSSR count). The van der Waals surface area contributed by atoms with Crippen LogP contribution in [-0.4, -0.2) is 33.0 Å². The molecule has 0 aliphatic rings. The molecule has 0 saturated heterocycles. The summed E-state index contributed by atoms with van der Waals surface area (Å²) in [7, 11) is 0. The number of amides is 1. The highest BCUT2D eigenvalue weighted by Gasteiger charge is 2.19. The van der Waals surface area contributed by atoms with E-state index < -0.39 is 0 Å². The minimum atomic E-state index is -0.321. The second-order valence-electron chi connectivity index (χ2n) is 6.60. The van der Waals surface area contributed by atoms with Crippen molar-refractivity contribution < 1.29 is 14.3 Å². The van der Waals surface area contributed by atoms with Gasteiger partial charge in [0.1, 0.15) is 11.5 Å². The van der Waals surface area contributed by atoms with Gasteiger partial charge < -0.3 is 19.4 Å². The molecule has 0 aliphatic heterocycles. The maximum absolute atomic E-state index is 12.4. The molecule has 1 heterocycles. The summed E-state index contributed by atoms with van der Waals surface area (Å²) in [6, 6.07) is 14.5. The van der Waals surface area contributed by atoms with Gasteiger partial charge in [0.2, 0.25) is 5.91 Å². The van der Waals surface area contributed by atoms with Crippen LogP contribution >= 0.6 is 23.4 Å². The highest BCUT2D eigenvalue weighted by molar-refractivity contribution is 7.99. The first kappa shape index (κ1) is 23.0. The number of benzene rings is 2. The van der Waals surface area contributed by atoms with Crippen LogP contribution in [0, 0.1) is 0 Å². The maximum atomic E-state index is 12.4. The van der Waals surface area contributed by atoms with Crippen LogP contribution in [-0.2, 0) is 11.3 Å². The van der Waals surface area contributed by atoms with Gasteiger partial charge in [0.15, 0.2) is 17.1 Å². The number of aromatic nitrogens is 3. The van der Waals surface area contributed by atoms with Crippen LogP contribution in [0.4, 0.5) is 5.69 Å². The summed E-state index contributed by atoms with van der Waals surface area (Å²) in [6.45, 7) is 7.10. The molecule has 31 heavy (non-hydrogen) atoms. The zero-order chi connectivity index (χ0) is 22.2. The van der Waals surface area contributed by atoms with Gasteiger partial charge in [-0.2, -0.15) is 0 Å². The molecule has 0 saturated carbocycles. The first-order chi connectivity index (χ1) is 15.0. The van der Waals surface area contributed by atoms with Crippen molar-refractivity contribution in [2.24, 2.45) is 0 Å². The van der Waals surface area contributed by atoms with Crippen molar-refractivity contribution in [3.05, 3.63) is 59.4 Å². The number of hydrogen-bond acceptors (Lipinski definition) is 6. The van der Waals surface area contributed by atoms with Crippen LogP contribution in [0.1, 0.15) is 32.7 Å². The van der Waals surface area contributed by atoms with E-state index in [-0.39, 0.29) is 17.8 Å². The monoisotopic (exact) mass is 460 g/mol. The molecule has 1 N–H and O–H groups in total. The average Bonchev–Trinajstić information content (AvgIpc) is 3.17. The summed E-state index contributed by atoms with van der Waals surface area (Å²) in [6.07, 6.45) is -0.321. The third-order valence-electron chi connectivity index (χ3n) is 4.32.